The normalized spacial score (nSPS) is 21.5. The molecule has 0 bridgehead atoms. The van der Waals surface area contributed by atoms with Gasteiger partial charge in [-0.05, 0) is 13.0 Å². The van der Waals surface area contributed by atoms with E-state index in [0.717, 1.165) is 0 Å². The summed E-state index contributed by atoms with van der Waals surface area (Å²) in [6.07, 6.45) is 1.32. The largest absolute Gasteiger partial charge is 0.301 e. The van der Waals surface area contributed by atoms with Crippen molar-refractivity contribution in [2.45, 2.75) is 13.3 Å². The molecule has 36 valence electrons. The van der Waals surface area contributed by atoms with Gasteiger partial charge < -0.3 is 4.90 Å². The Morgan fingerprint density at radius 3 is 2.33 bits per heavy atom. The summed E-state index contributed by atoms with van der Waals surface area (Å²) < 4.78 is 0. The summed E-state index contributed by atoms with van der Waals surface area (Å²) >= 11 is 0. The molecular formula is C5H11N. The molecule has 0 saturated carbocycles. The van der Waals surface area contributed by atoms with Crippen molar-refractivity contribution in [3.8, 4) is 0 Å². The summed E-state index contributed by atoms with van der Waals surface area (Å²) in [7, 11) is 0. The van der Waals surface area contributed by atoms with E-state index in [1.807, 2.05) is 0 Å². The Morgan fingerprint density at radius 1 is 1.50 bits per heavy atom. The van der Waals surface area contributed by atoms with E-state index in [1.165, 1.54) is 26.1 Å². The summed E-state index contributed by atoms with van der Waals surface area (Å²) in [6, 6.07) is 0. The third-order valence-corrected chi connectivity index (χ3v) is 1.08. The summed E-state index contributed by atoms with van der Waals surface area (Å²) in [5.41, 5.74) is 0. The van der Waals surface area contributed by atoms with Crippen molar-refractivity contribution in [2.75, 3.05) is 19.6 Å². The Morgan fingerprint density at radius 2 is 2.17 bits per heavy atom. The fourth-order valence-corrected chi connectivity index (χ4v) is 0.611. The van der Waals surface area contributed by atoms with Crippen LogP contribution >= 0.6 is 0 Å². The van der Waals surface area contributed by atoms with E-state index in [0.29, 0.717) is 0 Å². The van der Waals surface area contributed by atoms with E-state index in [-0.39, 0.29) is 0 Å². The van der Waals surface area contributed by atoms with Gasteiger partial charge in [-0.25, -0.2) is 0 Å². The zero-order valence-corrected chi connectivity index (χ0v) is 4.28. The number of hydrogen-bond acceptors (Lipinski definition) is 1. The molecule has 0 aromatic rings. The third-order valence-electron chi connectivity index (χ3n) is 1.08. The lowest BCUT2D eigenvalue weighted by Crippen LogP contribution is -1.94. The second-order valence-electron chi connectivity index (χ2n) is 1.84. The summed E-state index contributed by atoms with van der Waals surface area (Å²) in [4.78, 5) is 2.43. The molecule has 0 spiro atoms. The molecule has 1 heterocycles. The zero-order chi connectivity index (χ0) is 4.41. The first-order chi connectivity index (χ1) is 2.93. The van der Waals surface area contributed by atoms with Crippen molar-refractivity contribution in [1.29, 1.82) is 0 Å². The Balaban J connectivity index is 1.88. The van der Waals surface area contributed by atoms with Crippen LogP contribution in [-0.4, -0.2) is 24.5 Å². The van der Waals surface area contributed by atoms with Gasteiger partial charge in [-0.3, -0.25) is 0 Å². The van der Waals surface area contributed by atoms with Crippen LogP contribution in [0.15, 0.2) is 0 Å². The second-order valence-corrected chi connectivity index (χ2v) is 1.84. The first-order valence-electron chi connectivity index (χ1n) is 2.66. The van der Waals surface area contributed by atoms with Crippen LogP contribution in [-0.2, 0) is 0 Å². The van der Waals surface area contributed by atoms with Gasteiger partial charge >= 0.3 is 0 Å². The monoisotopic (exact) mass is 85.1 g/mol. The Labute approximate surface area is 39.0 Å². The van der Waals surface area contributed by atoms with Crippen LogP contribution in [0, 0.1) is 0 Å². The Kier molecular flexibility index (Phi) is 1.10. The van der Waals surface area contributed by atoms with Gasteiger partial charge in [0.2, 0.25) is 0 Å². The molecule has 0 radical (unpaired) electrons. The van der Waals surface area contributed by atoms with E-state index in [2.05, 4.69) is 11.8 Å². The predicted molar refractivity (Wildman–Crippen MR) is 26.7 cm³/mol. The highest BCUT2D eigenvalue weighted by Gasteiger charge is 2.13. The molecule has 1 nitrogen and oxygen atoms in total. The maximum atomic E-state index is 2.43. The summed E-state index contributed by atoms with van der Waals surface area (Å²) in [6.45, 7) is 6.25. The molecule has 1 rings (SSSR count). The van der Waals surface area contributed by atoms with E-state index < -0.39 is 0 Å². The van der Waals surface area contributed by atoms with Crippen molar-refractivity contribution in [3.05, 3.63) is 0 Å². The average molecular weight is 85.1 g/mol. The van der Waals surface area contributed by atoms with Crippen LogP contribution in [0.1, 0.15) is 13.3 Å². The van der Waals surface area contributed by atoms with Crippen LogP contribution in [0.25, 0.3) is 0 Å². The maximum absolute atomic E-state index is 2.43. The van der Waals surface area contributed by atoms with Crippen molar-refractivity contribution >= 4 is 0 Å². The van der Waals surface area contributed by atoms with E-state index in [9.17, 15) is 0 Å². The first kappa shape index (κ1) is 4.13. The van der Waals surface area contributed by atoms with Gasteiger partial charge in [-0.1, -0.05) is 6.92 Å². The highest BCUT2D eigenvalue weighted by molar-refractivity contribution is 4.70. The molecule has 1 aliphatic rings. The lowest BCUT2D eigenvalue weighted by atomic mass is 10.5. The standard InChI is InChI=1S/C5H11N/c1-2-3-6-4-5-6/h2-5H2,1H3. The van der Waals surface area contributed by atoms with Gasteiger partial charge in [0.1, 0.15) is 0 Å². The predicted octanol–water partition coefficient (Wildman–Crippen LogP) is 0.712. The van der Waals surface area contributed by atoms with Crippen molar-refractivity contribution < 1.29 is 0 Å². The molecule has 0 aromatic carbocycles. The minimum Gasteiger partial charge on any atom is -0.301 e. The topological polar surface area (TPSA) is 3.01 Å². The van der Waals surface area contributed by atoms with Crippen molar-refractivity contribution in [3.63, 3.8) is 0 Å². The minimum absolute atomic E-state index is 1.32. The van der Waals surface area contributed by atoms with Crippen LogP contribution in [0.4, 0.5) is 0 Å². The lowest BCUT2D eigenvalue weighted by Gasteiger charge is -1.89. The molecule has 0 amide bonds. The Bertz CT molecular complexity index is 39.2. The van der Waals surface area contributed by atoms with Gasteiger partial charge in [0.25, 0.3) is 0 Å². The minimum atomic E-state index is 1.32. The summed E-state index contributed by atoms with van der Waals surface area (Å²) in [5.74, 6) is 0. The maximum Gasteiger partial charge on any atom is 0.0110 e. The summed E-state index contributed by atoms with van der Waals surface area (Å²) in [5, 5.41) is 0. The van der Waals surface area contributed by atoms with Crippen LogP contribution in [0.5, 0.6) is 0 Å². The highest BCUT2D eigenvalue weighted by atomic mass is 15.2. The lowest BCUT2D eigenvalue weighted by molar-refractivity contribution is 0.552. The number of rotatable bonds is 2. The Hall–Kier alpha value is -0.0400. The molecule has 0 N–H and O–H groups in total. The van der Waals surface area contributed by atoms with Gasteiger partial charge in [0.15, 0.2) is 0 Å². The molecule has 0 aliphatic carbocycles. The highest BCUT2D eigenvalue weighted by Crippen LogP contribution is 2.01. The van der Waals surface area contributed by atoms with E-state index in [4.69, 9.17) is 0 Å². The molecule has 0 aromatic heterocycles. The molecule has 1 saturated heterocycles. The van der Waals surface area contributed by atoms with Crippen molar-refractivity contribution in [1.82, 2.24) is 4.90 Å². The smallest absolute Gasteiger partial charge is 0.0110 e. The van der Waals surface area contributed by atoms with Crippen LogP contribution in [0.3, 0.4) is 0 Å². The molecule has 0 unspecified atom stereocenters. The van der Waals surface area contributed by atoms with Crippen LogP contribution < -0.4 is 0 Å². The van der Waals surface area contributed by atoms with Gasteiger partial charge in [-0.2, -0.15) is 0 Å². The van der Waals surface area contributed by atoms with E-state index in [1.54, 1.807) is 0 Å². The molecule has 0 atom stereocenters. The van der Waals surface area contributed by atoms with Gasteiger partial charge in [0.05, 0.1) is 0 Å². The molecule has 6 heavy (non-hydrogen) atoms. The molecule has 1 heteroatoms. The van der Waals surface area contributed by atoms with Crippen molar-refractivity contribution in [2.24, 2.45) is 0 Å². The molecule has 1 fully saturated rings. The zero-order valence-electron chi connectivity index (χ0n) is 4.28. The molecular weight excluding hydrogens is 74.1 g/mol. The SMILES string of the molecule is CCCN1CC1. The number of hydrogen-bond donors (Lipinski definition) is 0. The molecule has 1 aliphatic heterocycles. The second kappa shape index (κ2) is 1.61. The fourth-order valence-electron chi connectivity index (χ4n) is 0.611. The average Bonchev–Trinajstić information content (AvgIpc) is 2.21. The van der Waals surface area contributed by atoms with Crippen LogP contribution in [0.2, 0.25) is 0 Å². The number of nitrogens with zero attached hydrogens (tertiary/aromatic N) is 1. The van der Waals surface area contributed by atoms with E-state index >= 15 is 0 Å². The van der Waals surface area contributed by atoms with Gasteiger partial charge in [0, 0.05) is 13.1 Å². The first-order valence-corrected chi connectivity index (χ1v) is 2.66. The third kappa shape index (κ3) is 0.977. The fraction of sp³-hybridized carbons (Fsp3) is 1.00. The quantitative estimate of drug-likeness (QED) is 0.446. The van der Waals surface area contributed by atoms with Gasteiger partial charge in [-0.15, -0.1) is 0 Å².